The first-order valence-corrected chi connectivity index (χ1v) is 9.90. The summed E-state index contributed by atoms with van der Waals surface area (Å²) in [5.74, 6) is -0.282. The number of carbonyl (C=O) groups is 1. The molecule has 0 saturated heterocycles. The Balaban J connectivity index is 0.00000272. The van der Waals surface area contributed by atoms with Crippen LogP contribution in [0, 0.1) is 6.92 Å². The van der Waals surface area contributed by atoms with Gasteiger partial charge in [0.1, 0.15) is 5.75 Å². The molecule has 0 atom stereocenters. The van der Waals surface area contributed by atoms with Crippen molar-refractivity contribution in [3.8, 4) is 28.1 Å². The van der Waals surface area contributed by atoms with Gasteiger partial charge in [0, 0.05) is 16.0 Å². The summed E-state index contributed by atoms with van der Waals surface area (Å²) >= 11 is 6.30. The molecule has 1 aromatic heterocycles. The van der Waals surface area contributed by atoms with Crippen molar-refractivity contribution in [2.75, 3.05) is 7.11 Å². The highest BCUT2D eigenvalue weighted by Gasteiger charge is 2.22. The van der Waals surface area contributed by atoms with Crippen LogP contribution in [0.3, 0.4) is 0 Å². The van der Waals surface area contributed by atoms with Gasteiger partial charge >= 0.3 is 5.97 Å². The fraction of sp³-hybridized carbons (Fsp3) is 0.120. The Kier molecular flexibility index (Phi) is 6.84. The Morgan fingerprint density at radius 2 is 1.81 bits per heavy atom. The van der Waals surface area contributed by atoms with Gasteiger partial charge in [-0.1, -0.05) is 53.6 Å². The van der Waals surface area contributed by atoms with Crippen LogP contribution in [0.2, 0.25) is 5.02 Å². The Labute approximate surface area is 191 Å². The summed E-state index contributed by atoms with van der Waals surface area (Å²) in [7, 11) is 1.60. The van der Waals surface area contributed by atoms with Crippen LogP contribution in [0.15, 0.2) is 66.7 Å². The van der Waals surface area contributed by atoms with E-state index < -0.39 is 5.97 Å². The summed E-state index contributed by atoms with van der Waals surface area (Å²) in [5, 5.41) is 11.1. The maximum Gasteiger partial charge on any atom is 0.307 e. The molecule has 1 N–H and O–H groups in total. The van der Waals surface area contributed by atoms with E-state index in [1.54, 1.807) is 13.2 Å². The minimum absolute atomic E-state index is 0. The third-order valence-corrected chi connectivity index (χ3v) is 5.28. The van der Waals surface area contributed by atoms with E-state index in [1.807, 2.05) is 67.6 Å². The van der Waals surface area contributed by atoms with Gasteiger partial charge in [-0.25, -0.2) is 4.98 Å². The first kappa shape index (κ1) is 22.6. The first-order chi connectivity index (χ1) is 14.5. The SMILES string of the molecule is COc1ccc(C)cc1-c1nc2ccc(Cl)cc2c(-c2ccccc2)c1CC(=O)O.[Cl-]. The molecular weight excluding hydrogens is 433 g/mol. The molecule has 0 bridgehead atoms. The van der Waals surface area contributed by atoms with E-state index in [0.29, 0.717) is 22.0 Å². The number of ether oxygens (including phenoxy) is 1. The standard InChI is InChI=1S/C25H20ClNO3.ClH/c1-15-8-11-22(30-2)19(12-15)25-20(14-23(28)29)24(16-6-4-3-5-7-16)18-13-17(26)9-10-21(18)27-25;/h3-13H,14H2,1-2H3,(H,28,29);1H/p-1. The number of methoxy groups -OCH3 is 1. The lowest BCUT2D eigenvalue weighted by molar-refractivity contribution is -0.136. The van der Waals surface area contributed by atoms with E-state index in [1.165, 1.54) is 0 Å². The maximum absolute atomic E-state index is 11.9. The molecule has 3 aromatic carbocycles. The molecule has 158 valence electrons. The minimum atomic E-state index is -0.928. The van der Waals surface area contributed by atoms with Gasteiger partial charge in [0.2, 0.25) is 0 Å². The van der Waals surface area contributed by atoms with Crippen LogP contribution in [-0.4, -0.2) is 23.2 Å². The highest BCUT2D eigenvalue weighted by molar-refractivity contribution is 6.31. The van der Waals surface area contributed by atoms with Gasteiger partial charge < -0.3 is 22.3 Å². The molecule has 0 radical (unpaired) electrons. The molecule has 4 nitrogen and oxygen atoms in total. The van der Waals surface area contributed by atoms with Gasteiger partial charge in [0.05, 0.1) is 24.7 Å². The number of carboxylic acids is 1. The van der Waals surface area contributed by atoms with Crippen molar-refractivity contribution in [1.82, 2.24) is 4.98 Å². The van der Waals surface area contributed by atoms with Crippen LogP contribution in [-0.2, 0) is 11.2 Å². The highest BCUT2D eigenvalue weighted by Crippen LogP contribution is 2.41. The van der Waals surface area contributed by atoms with Crippen molar-refractivity contribution in [1.29, 1.82) is 0 Å². The number of fused-ring (bicyclic) bond motifs is 1. The van der Waals surface area contributed by atoms with Crippen molar-refractivity contribution < 1.29 is 27.0 Å². The van der Waals surface area contributed by atoms with Crippen LogP contribution < -0.4 is 17.1 Å². The zero-order valence-corrected chi connectivity index (χ0v) is 18.5. The third kappa shape index (κ3) is 4.50. The van der Waals surface area contributed by atoms with Gasteiger partial charge in [-0.3, -0.25) is 4.79 Å². The third-order valence-electron chi connectivity index (χ3n) is 5.05. The number of aryl methyl sites for hydroxylation is 1. The van der Waals surface area contributed by atoms with Gasteiger partial charge in [-0.15, -0.1) is 0 Å². The van der Waals surface area contributed by atoms with Crippen molar-refractivity contribution in [3.63, 3.8) is 0 Å². The molecule has 4 aromatic rings. The Hall–Kier alpha value is -3.08. The Bertz CT molecular complexity index is 1260. The number of aromatic nitrogens is 1. The maximum atomic E-state index is 11.9. The number of benzene rings is 3. The topological polar surface area (TPSA) is 59.4 Å². The number of hydrogen-bond acceptors (Lipinski definition) is 3. The summed E-state index contributed by atoms with van der Waals surface area (Å²) in [6, 6.07) is 21.0. The fourth-order valence-corrected chi connectivity index (χ4v) is 3.93. The predicted molar refractivity (Wildman–Crippen MR) is 120 cm³/mol. The number of rotatable bonds is 5. The normalized spacial score (nSPS) is 10.5. The van der Waals surface area contributed by atoms with Gasteiger partial charge in [-0.05, 0) is 53.9 Å². The molecule has 0 aliphatic rings. The van der Waals surface area contributed by atoms with Crippen LogP contribution in [0.25, 0.3) is 33.3 Å². The summed E-state index contributed by atoms with van der Waals surface area (Å²) in [4.78, 5) is 16.7. The molecule has 0 aliphatic carbocycles. The zero-order valence-electron chi connectivity index (χ0n) is 17.0. The summed E-state index contributed by atoms with van der Waals surface area (Å²) < 4.78 is 5.58. The summed E-state index contributed by atoms with van der Waals surface area (Å²) in [6.45, 7) is 1.98. The molecular formula is C25H20Cl2NO3-. The summed E-state index contributed by atoms with van der Waals surface area (Å²) in [6.07, 6.45) is -0.174. The quantitative estimate of drug-likeness (QED) is 0.505. The number of hydrogen-bond donors (Lipinski definition) is 1. The molecule has 4 rings (SSSR count). The molecule has 1 heterocycles. The summed E-state index contributed by atoms with van der Waals surface area (Å²) in [5.41, 5.74) is 5.51. The fourth-order valence-electron chi connectivity index (χ4n) is 3.76. The van der Waals surface area contributed by atoms with Crippen molar-refractivity contribution in [2.24, 2.45) is 0 Å². The van der Waals surface area contributed by atoms with Crippen molar-refractivity contribution in [2.45, 2.75) is 13.3 Å². The van der Waals surface area contributed by atoms with E-state index >= 15 is 0 Å². The number of carboxylic acid groups (broad SMARTS) is 1. The van der Waals surface area contributed by atoms with Gasteiger partial charge in [0.15, 0.2) is 0 Å². The van der Waals surface area contributed by atoms with E-state index in [9.17, 15) is 9.90 Å². The average Bonchev–Trinajstić information content (AvgIpc) is 2.73. The molecule has 0 unspecified atom stereocenters. The van der Waals surface area contributed by atoms with Crippen molar-refractivity contribution >= 4 is 28.5 Å². The van der Waals surface area contributed by atoms with E-state index in [-0.39, 0.29) is 18.8 Å². The highest BCUT2D eigenvalue weighted by atomic mass is 35.5. The zero-order chi connectivity index (χ0) is 21.3. The lowest BCUT2D eigenvalue weighted by Crippen LogP contribution is -3.00. The Morgan fingerprint density at radius 1 is 1.06 bits per heavy atom. The molecule has 0 spiro atoms. The first-order valence-electron chi connectivity index (χ1n) is 9.52. The van der Waals surface area contributed by atoms with E-state index in [0.717, 1.165) is 33.2 Å². The van der Waals surface area contributed by atoms with E-state index in [4.69, 9.17) is 21.3 Å². The van der Waals surface area contributed by atoms with Crippen LogP contribution in [0.5, 0.6) is 5.75 Å². The lowest BCUT2D eigenvalue weighted by Gasteiger charge is -2.19. The van der Waals surface area contributed by atoms with Crippen molar-refractivity contribution in [3.05, 3.63) is 82.9 Å². The largest absolute Gasteiger partial charge is 1.00 e. The monoisotopic (exact) mass is 452 g/mol. The van der Waals surface area contributed by atoms with Gasteiger partial charge in [0.25, 0.3) is 0 Å². The molecule has 0 fully saturated rings. The average molecular weight is 453 g/mol. The number of aliphatic carboxylic acids is 1. The molecule has 0 saturated carbocycles. The molecule has 31 heavy (non-hydrogen) atoms. The van der Waals surface area contributed by atoms with E-state index in [2.05, 4.69) is 0 Å². The second-order valence-corrected chi connectivity index (χ2v) is 7.55. The van der Waals surface area contributed by atoms with Crippen LogP contribution in [0.4, 0.5) is 0 Å². The predicted octanol–water partition coefficient (Wildman–Crippen LogP) is 3.17. The number of halogens is 2. The molecule has 0 aliphatic heterocycles. The lowest BCUT2D eigenvalue weighted by atomic mass is 9.90. The second kappa shape index (κ2) is 9.38. The second-order valence-electron chi connectivity index (χ2n) is 7.12. The Morgan fingerprint density at radius 3 is 2.48 bits per heavy atom. The van der Waals surface area contributed by atoms with Crippen LogP contribution >= 0.6 is 11.6 Å². The van der Waals surface area contributed by atoms with Crippen LogP contribution in [0.1, 0.15) is 11.1 Å². The number of nitrogens with zero attached hydrogens (tertiary/aromatic N) is 1. The molecule has 6 heteroatoms. The number of pyridine rings is 1. The minimum Gasteiger partial charge on any atom is -1.00 e. The molecule has 0 amide bonds. The smallest absolute Gasteiger partial charge is 0.307 e. The van der Waals surface area contributed by atoms with Gasteiger partial charge in [-0.2, -0.15) is 0 Å².